The van der Waals surface area contributed by atoms with Crippen LogP contribution in [0.15, 0.2) is 35.1 Å². The predicted octanol–water partition coefficient (Wildman–Crippen LogP) is 5.31. The average molecular weight is 383 g/mol. The summed E-state index contributed by atoms with van der Waals surface area (Å²) in [4.78, 5) is 11.5. The second-order valence-electron chi connectivity index (χ2n) is 10.6. The number of cyclic esters (lactones) is 1. The van der Waals surface area contributed by atoms with E-state index in [4.69, 9.17) is 4.74 Å². The maximum Gasteiger partial charge on any atom is 0.336 e. The zero-order valence-electron chi connectivity index (χ0n) is 17.5. The summed E-state index contributed by atoms with van der Waals surface area (Å²) in [6.07, 6.45) is 15.1. The van der Waals surface area contributed by atoms with Gasteiger partial charge in [-0.15, -0.1) is 0 Å². The van der Waals surface area contributed by atoms with Gasteiger partial charge in [-0.3, -0.25) is 0 Å². The van der Waals surface area contributed by atoms with E-state index in [1.54, 1.807) is 11.6 Å². The zero-order chi connectivity index (χ0) is 19.7. The Labute approximate surface area is 168 Å². The van der Waals surface area contributed by atoms with Crippen molar-refractivity contribution in [3.8, 4) is 0 Å². The highest BCUT2D eigenvalue weighted by Gasteiger charge is 2.59. The van der Waals surface area contributed by atoms with Crippen molar-refractivity contribution in [3.63, 3.8) is 0 Å². The van der Waals surface area contributed by atoms with Crippen molar-refractivity contribution in [2.45, 2.75) is 78.2 Å². The van der Waals surface area contributed by atoms with Crippen LogP contribution in [0.2, 0.25) is 0 Å². The van der Waals surface area contributed by atoms with Crippen molar-refractivity contribution >= 4 is 5.97 Å². The topological polar surface area (TPSA) is 46.5 Å². The molecule has 0 bridgehead atoms. The predicted molar refractivity (Wildman–Crippen MR) is 109 cm³/mol. The summed E-state index contributed by atoms with van der Waals surface area (Å²) in [5.74, 6) is 3.40. The number of carbonyl (C=O) groups excluding carboxylic acids is 1. The van der Waals surface area contributed by atoms with Gasteiger partial charge in [0.1, 0.15) is 5.76 Å². The Morgan fingerprint density at radius 2 is 1.93 bits per heavy atom. The van der Waals surface area contributed by atoms with Gasteiger partial charge in [0.2, 0.25) is 0 Å². The van der Waals surface area contributed by atoms with Crippen molar-refractivity contribution < 1.29 is 14.6 Å². The Morgan fingerprint density at radius 1 is 1.11 bits per heavy atom. The summed E-state index contributed by atoms with van der Waals surface area (Å²) in [5.41, 5.74) is 3.45. The van der Waals surface area contributed by atoms with Crippen LogP contribution in [0.5, 0.6) is 0 Å². The molecule has 0 aromatic rings. The van der Waals surface area contributed by atoms with E-state index < -0.39 is 0 Å². The lowest BCUT2D eigenvalue weighted by Gasteiger charge is -2.58. The van der Waals surface area contributed by atoms with E-state index in [0.29, 0.717) is 16.7 Å². The highest BCUT2D eigenvalue weighted by atomic mass is 16.5. The summed E-state index contributed by atoms with van der Waals surface area (Å²) in [6, 6.07) is 0. The molecule has 0 spiro atoms. The van der Waals surface area contributed by atoms with Crippen LogP contribution in [0.4, 0.5) is 0 Å². The fourth-order valence-electron chi connectivity index (χ4n) is 8.06. The normalized spacial score (nSPS) is 49.1. The minimum absolute atomic E-state index is 0.128. The Morgan fingerprint density at radius 3 is 2.68 bits per heavy atom. The number of esters is 1. The van der Waals surface area contributed by atoms with Gasteiger partial charge in [-0.05, 0) is 104 Å². The van der Waals surface area contributed by atoms with Gasteiger partial charge in [0.05, 0.1) is 6.10 Å². The van der Waals surface area contributed by atoms with E-state index in [0.717, 1.165) is 42.8 Å². The van der Waals surface area contributed by atoms with Crippen molar-refractivity contribution in [2.24, 2.45) is 34.5 Å². The standard InChI is InChI=1S/C25H34O3/c1-15(22-8-9-23(27)28-22)19-6-7-20-18-5-4-16-14-17(26)10-12-24(16,2)21(18)11-13-25(19,20)3/h4,8-9,17-21,26H,5-7,10-14H2,1-3H3/b22-15+/t17-,18?,19?,20?,21?,24-,25+/m0/s1. The maximum absolute atomic E-state index is 11.5. The molecule has 3 fully saturated rings. The first-order chi connectivity index (χ1) is 13.3. The number of rotatable bonds is 1. The van der Waals surface area contributed by atoms with Crippen LogP contribution in [0.3, 0.4) is 0 Å². The number of ether oxygens (including phenoxy) is 1. The number of carbonyl (C=O) groups is 1. The minimum Gasteiger partial charge on any atom is -0.423 e. The number of allylic oxidation sites excluding steroid dienone is 3. The van der Waals surface area contributed by atoms with E-state index in [9.17, 15) is 9.90 Å². The molecule has 152 valence electrons. The molecular formula is C25H34O3. The van der Waals surface area contributed by atoms with Gasteiger partial charge >= 0.3 is 5.97 Å². The number of aliphatic hydroxyl groups is 1. The van der Waals surface area contributed by atoms with Crippen LogP contribution >= 0.6 is 0 Å². The minimum atomic E-state index is -0.227. The average Bonchev–Trinajstić information content (AvgIpc) is 3.25. The third kappa shape index (κ3) is 2.54. The molecule has 3 saturated carbocycles. The van der Waals surface area contributed by atoms with Crippen LogP contribution in [-0.2, 0) is 9.53 Å². The second-order valence-corrected chi connectivity index (χ2v) is 10.6. The lowest BCUT2D eigenvalue weighted by molar-refractivity contribution is -0.132. The highest BCUT2D eigenvalue weighted by molar-refractivity contribution is 5.86. The number of hydrogen-bond acceptors (Lipinski definition) is 3. The van der Waals surface area contributed by atoms with Crippen LogP contribution in [0, 0.1) is 34.5 Å². The molecule has 0 saturated heterocycles. The quantitative estimate of drug-likeness (QED) is 0.493. The van der Waals surface area contributed by atoms with Gasteiger partial charge in [0.25, 0.3) is 0 Å². The first kappa shape index (κ1) is 18.7. The third-order valence-corrected chi connectivity index (χ3v) is 9.57. The van der Waals surface area contributed by atoms with Crippen molar-refractivity contribution in [1.82, 2.24) is 0 Å². The summed E-state index contributed by atoms with van der Waals surface area (Å²) in [5, 5.41) is 10.2. The van der Waals surface area contributed by atoms with Gasteiger partial charge in [-0.25, -0.2) is 4.79 Å². The fourth-order valence-corrected chi connectivity index (χ4v) is 8.06. The molecular weight excluding hydrogens is 348 g/mol. The molecule has 0 aromatic carbocycles. The number of aliphatic hydroxyl groups excluding tert-OH is 1. The van der Waals surface area contributed by atoms with Crippen molar-refractivity contribution in [1.29, 1.82) is 0 Å². The molecule has 1 heterocycles. The van der Waals surface area contributed by atoms with Crippen LogP contribution in [0.25, 0.3) is 0 Å². The van der Waals surface area contributed by atoms with Gasteiger partial charge in [-0.1, -0.05) is 25.5 Å². The Balaban J connectivity index is 1.44. The van der Waals surface area contributed by atoms with E-state index in [-0.39, 0.29) is 12.1 Å². The molecule has 1 N–H and O–H groups in total. The molecule has 3 nitrogen and oxygen atoms in total. The number of hydrogen-bond donors (Lipinski definition) is 1. The van der Waals surface area contributed by atoms with Crippen LogP contribution < -0.4 is 0 Å². The molecule has 5 rings (SSSR count). The van der Waals surface area contributed by atoms with Crippen LogP contribution in [-0.4, -0.2) is 17.2 Å². The molecule has 0 aromatic heterocycles. The smallest absolute Gasteiger partial charge is 0.336 e. The van der Waals surface area contributed by atoms with Gasteiger partial charge < -0.3 is 9.84 Å². The Bertz CT molecular complexity index is 790. The first-order valence-corrected chi connectivity index (χ1v) is 11.3. The van der Waals surface area contributed by atoms with Gasteiger partial charge in [0, 0.05) is 6.08 Å². The number of fused-ring (bicyclic) bond motifs is 5. The third-order valence-electron chi connectivity index (χ3n) is 9.57. The van der Waals surface area contributed by atoms with E-state index in [1.807, 2.05) is 6.08 Å². The van der Waals surface area contributed by atoms with Crippen molar-refractivity contribution in [3.05, 3.63) is 35.1 Å². The molecule has 5 aliphatic rings. The van der Waals surface area contributed by atoms with Gasteiger partial charge in [0.15, 0.2) is 0 Å². The van der Waals surface area contributed by atoms with E-state index in [2.05, 4.69) is 26.8 Å². The monoisotopic (exact) mass is 382 g/mol. The fraction of sp³-hybridized carbons (Fsp3) is 0.720. The SMILES string of the molecule is C/C(=C1/C=CC(=O)O1)C1CCC2C3CC=C4C[C@@H](O)CC[C@]4(C)C3CC[C@]12C. The molecule has 1 aliphatic heterocycles. The van der Waals surface area contributed by atoms with Crippen LogP contribution in [0.1, 0.15) is 72.1 Å². The largest absolute Gasteiger partial charge is 0.423 e. The van der Waals surface area contributed by atoms with Gasteiger partial charge in [-0.2, -0.15) is 0 Å². The first-order valence-electron chi connectivity index (χ1n) is 11.3. The molecule has 28 heavy (non-hydrogen) atoms. The summed E-state index contributed by atoms with van der Waals surface area (Å²) < 4.78 is 5.46. The summed E-state index contributed by atoms with van der Waals surface area (Å²) in [7, 11) is 0. The highest BCUT2D eigenvalue weighted by Crippen LogP contribution is 2.67. The summed E-state index contributed by atoms with van der Waals surface area (Å²) >= 11 is 0. The van der Waals surface area contributed by atoms with E-state index >= 15 is 0 Å². The Kier molecular flexibility index (Phi) is 4.21. The lowest BCUT2D eigenvalue weighted by atomic mass is 9.47. The molecule has 0 amide bonds. The summed E-state index contributed by atoms with van der Waals surface area (Å²) in [6.45, 7) is 7.19. The molecule has 0 radical (unpaired) electrons. The lowest BCUT2D eigenvalue weighted by Crippen LogP contribution is -2.50. The molecule has 4 aliphatic carbocycles. The molecule has 7 atom stereocenters. The van der Waals surface area contributed by atoms with E-state index in [1.165, 1.54) is 37.7 Å². The maximum atomic E-state index is 11.5. The zero-order valence-corrected chi connectivity index (χ0v) is 17.5. The molecule has 4 unspecified atom stereocenters. The second kappa shape index (κ2) is 6.32. The molecule has 3 heteroatoms. The van der Waals surface area contributed by atoms with Crippen molar-refractivity contribution in [2.75, 3.05) is 0 Å². The Hall–Kier alpha value is -1.35.